The molecule has 0 aliphatic rings. The summed E-state index contributed by atoms with van der Waals surface area (Å²) in [6, 6.07) is 17.5. The first-order valence-electron chi connectivity index (χ1n) is 5.75. The maximum absolute atomic E-state index is 11.8. The Bertz CT molecular complexity index is 558. The van der Waals surface area contributed by atoms with E-state index in [0.29, 0.717) is 0 Å². The zero-order chi connectivity index (χ0) is 12.8. The van der Waals surface area contributed by atoms with Crippen molar-refractivity contribution < 1.29 is 4.79 Å². The largest absolute Gasteiger partial charge is 0.289 e. The van der Waals surface area contributed by atoms with Gasteiger partial charge in [-0.2, -0.15) is 0 Å². The summed E-state index contributed by atoms with van der Waals surface area (Å²) in [6.45, 7) is 2.06. The van der Waals surface area contributed by atoms with Crippen LogP contribution in [0.2, 0.25) is 0 Å². The Morgan fingerprint density at radius 2 is 1.83 bits per heavy atom. The number of hydrogen-bond donors (Lipinski definition) is 0. The Labute approximate surface area is 112 Å². The maximum Gasteiger partial charge on any atom is 0.186 e. The summed E-state index contributed by atoms with van der Waals surface area (Å²) in [5.41, 5.74) is 1.95. The minimum atomic E-state index is 0.0377. The van der Waals surface area contributed by atoms with E-state index in [9.17, 15) is 4.79 Å². The molecule has 18 heavy (non-hydrogen) atoms. The molecule has 2 aromatic rings. The monoisotopic (exact) mass is 254 g/mol. The third kappa shape index (κ3) is 3.60. The van der Waals surface area contributed by atoms with E-state index in [2.05, 4.69) is 19.1 Å². The Kier molecular flexibility index (Phi) is 4.37. The van der Waals surface area contributed by atoms with Crippen molar-refractivity contribution in [2.45, 2.75) is 11.8 Å². The lowest BCUT2D eigenvalue weighted by Gasteiger charge is -1.97. The number of rotatable bonds is 4. The first kappa shape index (κ1) is 12.7. The molecular formula is C16H14OS. The van der Waals surface area contributed by atoms with Crippen molar-refractivity contribution in [2.75, 3.05) is 0 Å². The third-order valence-corrected chi connectivity index (χ3v) is 3.27. The number of hydrogen-bond acceptors (Lipinski definition) is 2. The molecule has 0 aliphatic heterocycles. The van der Waals surface area contributed by atoms with Crippen molar-refractivity contribution in [1.29, 1.82) is 0 Å². The number of benzene rings is 2. The summed E-state index contributed by atoms with van der Waals surface area (Å²) in [5.74, 6) is 0.0377. The van der Waals surface area contributed by atoms with Crippen molar-refractivity contribution in [1.82, 2.24) is 0 Å². The maximum atomic E-state index is 11.8. The SMILES string of the molecule is Cc1cccc(S/C=C/C(=O)c2ccccc2)c1. The number of carbonyl (C=O) groups excluding carboxylic acids is 1. The Hall–Kier alpha value is -1.80. The van der Waals surface area contributed by atoms with Crippen molar-refractivity contribution in [3.8, 4) is 0 Å². The number of thioether (sulfide) groups is 1. The number of allylic oxidation sites excluding steroid dienone is 1. The van der Waals surface area contributed by atoms with Crippen LogP contribution in [0.3, 0.4) is 0 Å². The first-order chi connectivity index (χ1) is 8.75. The number of carbonyl (C=O) groups is 1. The van der Waals surface area contributed by atoms with E-state index < -0.39 is 0 Å². The average Bonchev–Trinajstić information content (AvgIpc) is 2.40. The third-order valence-electron chi connectivity index (χ3n) is 2.47. The standard InChI is InChI=1S/C16H14OS/c1-13-6-5-9-15(12-13)18-11-10-16(17)14-7-3-2-4-8-14/h2-12H,1H3/b11-10+. The highest BCUT2D eigenvalue weighted by Gasteiger charge is 1.99. The van der Waals surface area contributed by atoms with E-state index in [1.165, 1.54) is 5.56 Å². The summed E-state index contributed by atoms with van der Waals surface area (Å²) in [7, 11) is 0. The van der Waals surface area contributed by atoms with Crippen LogP contribution in [-0.2, 0) is 0 Å². The summed E-state index contributed by atoms with van der Waals surface area (Å²) in [5, 5.41) is 1.84. The van der Waals surface area contributed by atoms with Gasteiger partial charge in [0.1, 0.15) is 0 Å². The van der Waals surface area contributed by atoms with Crippen LogP contribution in [0.25, 0.3) is 0 Å². The summed E-state index contributed by atoms with van der Waals surface area (Å²) in [4.78, 5) is 12.9. The Morgan fingerprint density at radius 3 is 2.56 bits per heavy atom. The molecule has 1 nitrogen and oxygen atoms in total. The Balaban J connectivity index is 1.98. The molecule has 0 saturated carbocycles. The molecular weight excluding hydrogens is 240 g/mol. The lowest BCUT2D eigenvalue weighted by Crippen LogP contribution is -1.92. The fourth-order valence-corrected chi connectivity index (χ4v) is 2.32. The lowest BCUT2D eigenvalue weighted by molar-refractivity contribution is 0.104. The van der Waals surface area contributed by atoms with Crippen LogP contribution in [0, 0.1) is 6.92 Å². The van der Waals surface area contributed by atoms with E-state index in [-0.39, 0.29) is 5.78 Å². The molecule has 0 bridgehead atoms. The molecule has 0 fully saturated rings. The molecule has 0 saturated heterocycles. The number of aryl methyl sites for hydroxylation is 1. The number of ketones is 1. The van der Waals surface area contributed by atoms with Crippen molar-refractivity contribution in [3.05, 3.63) is 77.2 Å². The highest BCUT2D eigenvalue weighted by Crippen LogP contribution is 2.20. The van der Waals surface area contributed by atoms with Crippen LogP contribution in [0.4, 0.5) is 0 Å². The van der Waals surface area contributed by atoms with E-state index in [1.54, 1.807) is 17.8 Å². The average molecular weight is 254 g/mol. The quantitative estimate of drug-likeness (QED) is 0.454. The van der Waals surface area contributed by atoms with Gasteiger partial charge in [-0.1, -0.05) is 59.8 Å². The summed E-state index contributed by atoms with van der Waals surface area (Å²) >= 11 is 1.56. The smallest absolute Gasteiger partial charge is 0.186 e. The normalized spacial score (nSPS) is 10.7. The molecule has 0 N–H and O–H groups in total. The van der Waals surface area contributed by atoms with Crippen LogP contribution in [0.5, 0.6) is 0 Å². The van der Waals surface area contributed by atoms with E-state index in [0.717, 1.165) is 10.5 Å². The van der Waals surface area contributed by atoms with Crippen LogP contribution in [0.1, 0.15) is 15.9 Å². The molecule has 0 aliphatic carbocycles. The molecule has 0 unspecified atom stereocenters. The highest BCUT2D eigenvalue weighted by atomic mass is 32.2. The fraction of sp³-hybridized carbons (Fsp3) is 0.0625. The van der Waals surface area contributed by atoms with Gasteiger partial charge < -0.3 is 0 Å². The Morgan fingerprint density at radius 1 is 1.06 bits per heavy atom. The van der Waals surface area contributed by atoms with Gasteiger partial charge in [0.15, 0.2) is 5.78 Å². The predicted molar refractivity (Wildman–Crippen MR) is 76.9 cm³/mol. The molecule has 0 radical (unpaired) electrons. The second-order valence-corrected chi connectivity index (χ2v) is 4.95. The van der Waals surface area contributed by atoms with Gasteiger partial charge in [-0.25, -0.2) is 0 Å². The van der Waals surface area contributed by atoms with E-state index in [1.807, 2.05) is 47.9 Å². The second kappa shape index (κ2) is 6.22. The van der Waals surface area contributed by atoms with Gasteiger partial charge in [-0.05, 0) is 30.5 Å². The zero-order valence-corrected chi connectivity index (χ0v) is 11.0. The van der Waals surface area contributed by atoms with Gasteiger partial charge in [0.25, 0.3) is 0 Å². The molecule has 0 atom stereocenters. The van der Waals surface area contributed by atoms with Gasteiger partial charge in [-0.15, -0.1) is 0 Å². The second-order valence-electron chi connectivity index (χ2n) is 3.97. The van der Waals surface area contributed by atoms with Gasteiger partial charge >= 0.3 is 0 Å². The van der Waals surface area contributed by atoms with Crippen molar-refractivity contribution in [3.63, 3.8) is 0 Å². The van der Waals surface area contributed by atoms with Crippen molar-refractivity contribution >= 4 is 17.5 Å². The van der Waals surface area contributed by atoms with Crippen LogP contribution < -0.4 is 0 Å². The van der Waals surface area contributed by atoms with Crippen LogP contribution >= 0.6 is 11.8 Å². The van der Waals surface area contributed by atoms with Gasteiger partial charge in [0, 0.05) is 10.5 Å². The van der Waals surface area contributed by atoms with Gasteiger partial charge in [0.05, 0.1) is 0 Å². The molecule has 90 valence electrons. The molecule has 0 amide bonds. The predicted octanol–water partition coefficient (Wildman–Crippen LogP) is 4.48. The summed E-state index contributed by atoms with van der Waals surface area (Å²) in [6.07, 6.45) is 1.61. The fourth-order valence-electron chi connectivity index (χ4n) is 1.56. The summed E-state index contributed by atoms with van der Waals surface area (Å²) < 4.78 is 0. The molecule has 0 spiro atoms. The van der Waals surface area contributed by atoms with Crippen LogP contribution in [-0.4, -0.2) is 5.78 Å². The first-order valence-corrected chi connectivity index (χ1v) is 6.63. The molecule has 2 rings (SSSR count). The van der Waals surface area contributed by atoms with Crippen molar-refractivity contribution in [2.24, 2.45) is 0 Å². The van der Waals surface area contributed by atoms with E-state index >= 15 is 0 Å². The minimum Gasteiger partial charge on any atom is -0.289 e. The molecule has 0 aromatic heterocycles. The van der Waals surface area contributed by atoms with Gasteiger partial charge in [0.2, 0.25) is 0 Å². The molecule has 2 heteroatoms. The molecule has 0 heterocycles. The lowest BCUT2D eigenvalue weighted by atomic mass is 10.1. The molecule has 2 aromatic carbocycles. The highest BCUT2D eigenvalue weighted by molar-refractivity contribution is 8.02. The minimum absolute atomic E-state index is 0.0377. The van der Waals surface area contributed by atoms with Crippen LogP contribution in [0.15, 0.2) is 71.0 Å². The topological polar surface area (TPSA) is 17.1 Å². The van der Waals surface area contributed by atoms with Gasteiger partial charge in [-0.3, -0.25) is 4.79 Å². The van der Waals surface area contributed by atoms with E-state index in [4.69, 9.17) is 0 Å². The zero-order valence-electron chi connectivity index (χ0n) is 10.2.